The summed E-state index contributed by atoms with van der Waals surface area (Å²) in [6.45, 7) is 9.77. The maximum Gasteiger partial charge on any atom is 0.0468 e. The molecular formula is C58H53N. The molecule has 7 aromatic rings. The highest BCUT2D eigenvalue weighted by molar-refractivity contribution is 5.90. The van der Waals surface area contributed by atoms with Crippen molar-refractivity contribution >= 4 is 27.8 Å². The highest BCUT2D eigenvalue weighted by Gasteiger charge is 2.84. The van der Waals surface area contributed by atoms with Crippen molar-refractivity contribution in [1.82, 2.24) is 0 Å². The Hall–Kier alpha value is -5.40. The summed E-state index contributed by atoms with van der Waals surface area (Å²) in [6.07, 6.45) is 8.32. The van der Waals surface area contributed by atoms with Crippen LogP contribution in [0.4, 0.5) is 17.1 Å². The van der Waals surface area contributed by atoms with E-state index in [1.807, 2.05) is 0 Å². The molecule has 4 fully saturated rings. The summed E-state index contributed by atoms with van der Waals surface area (Å²) in [5, 5.41) is 2.56. The maximum atomic E-state index is 2.58. The first-order valence-corrected chi connectivity index (χ1v) is 22.5. The number of hydrogen-bond acceptors (Lipinski definition) is 1. The van der Waals surface area contributed by atoms with Crippen LogP contribution in [0.25, 0.3) is 44.2 Å². The van der Waals surface area contributed by atoms with Crippen LogP contribution in [0.3, 0.4) is 0 Å². The van der Waals surface area contributed by atoms with Crippen molar-refractivity contribution in [1.29, 1.82) is 0 Å². The van der Waals surface area contributed by atoms with E-state index in [4.69, 9.17) is 0 Å². The smallest absolute Gasteiger partial charge is 0.0468 e. The molecule has 6 unspecified atom stereocenters. The fourth-order valence-corrected chi connectivity index (χ4v) is 14.6. The van der Waals surface area contributed by atoms with Crippen LogP contribution >= 0.6 is 0 Å². The highest BCUT2D eigenvalue weighted by Crippen LogP contribution is 2.89. The van der Waals surface area contributed by atoms with Crippen molar-refractivity contribution in [3.63, 3.8) is 0 Å². The Morgan fingerprint density at radius 3 is 1.78 bits per heavy atom. The molecule has 13 rings (SSSR count). The van der Waals surface area contributed by atoms with Crippen molar-refractivity contribution in [2.75, 3.05) is 4.90 Å². The Kier molecular flexibility index (Phi) is 6.81. The van der Waals surface area contributed by atoms with Gasteiger partial charge in [-0.05, 0) is 187 Å². The lowest BCUT2D eigenvalue weighted by Gasteiger charge is -2.76. The second kappa shape index (κ2) is 11.7. The number of rotatable bonds is 5. The lowest BCUT2D eigenvalue weighted by Crippen LogP contribution is -2.73. The first-order valence-electron chi connectivity index (χ1n) is 22.5. The van der Waals surface area contributed by atoms with E-state index in [1.165, 1.54) is 111 Å². The molecule has 7 aromatic carbocycles. The van der Waals surface area contributed by atoms with Crippen LogP contribution in [0.15, 0.2) is 152 Å². The topological polar surface area (TPSA) is 3.24 Å². The summed E-state index contributed by atoms with van der Waals surface area (Å²) < 4.78 is 0. The average Bonchev–Trinajstić information content (AvgIpc) is 3.90. The van der Waals surface area contributed by atoms with Crippen molar-refractivity contribution in [2.45, 2.75) is 82.5 Å². The van der Waals surface area contributed by atoms with E-state index < -0.39 is 0 Å². The lowest BCUT2D eigenvalue weighted by atomic mass is 9.27. The third-order valence-electron chi connectivity index (χ3n) is 17.4. The van der Waals surface area contributed by atoms with Gasteiger partial charge in [-0.2, -0.15) is 0 Å². The molecule has 290 valence electrons. The average molecular weight is 764 g/mol. The van der Waals surface area contributed by atoms with Crippen LogP contribution in [0.2, 0.25) is 0 Å². The highest BCUT2D eigenvalue weighted by atomic mass is 15.1. The zero-order chi connectivity index (χ0) is 39.5. The van der Waals surface area contributed by atoms with Gasteiger partial charge in [-0.1, -0.05) is 137 Å². The monoisotopic (exact) mass is 763 g/mol. The fraction of sp³-hybridized carbons (Fsp3) is 0.310. The minimum absolute atomic E-state index is 0.125. The van der Waals surface area contributed by atoms with Crippen LogP contribution in [-0.2, 0) is 16.2 Å². The summed E-state index contributed by atoms with van der Waals surface area (Å²) in [4.78, 5) is 2.55. The Morgan fingerprint density at radius 1 is 0.441 bits per heavy atom. The molecule has 0 N–H and O–H groups in total. The lowest BCUT2D eigenvalue weighted by molar-refractivity contribution is -0.231. The van der Waals surface area contributed by atoms with E-state index in [9.17, 15) is 0 Å². The van der Waals surface area contributed by atoms with Gasteiger partial charge in [-0.25, -0.2) is 0 Å². The van der Waals surface area contributed by atoms with Crippen molar-refractivity contribution in [3.8, 4) is 33.4 Å². The number of benzene rings is 7. The second-order valence-corrected chi connectivity index (χ2v) is 20.9. The molecule has 2 bridgehead atoms. The Morgan fingerprint density at radius 2 is 1.02 bits per heavy atom. The van der Waals surface area contributed by atoms with Crippen LogP contribution in [0.5, 0.6) is 0 Å². The molecule has 6 atom stereocenters. The summed E-state index contributed by atoms with van der Waals surface area (Å²) in [6, 6.07) is 58.4. The summed E-state index contributed by atoms with van der Waals surface area (Å²) in [5.41, 5.74) is 19.1. The summed E-state index contributed by atoms with van der Waals surface area (Å²) in [5.74, 6) is 3.60. The fourth-order valence-electron chi connectivity index (χ4n) is 14.6. The summed E-state index contributed by atoms with van der Waals surface area (Å²) >= 11 is 0. The second-order valence-electron chi connectivity index (χ2n) is 20.9. The van der Waals surface area contributed by atoms with E-state index in [0.29, 0.717) is 5.41 Å². The minimum Gasteiger partial charge on any atom is -0.310 e. The van der Waals surface area contributed by atoms with Crippen molar-refractivity contribution in [2.24, 2.45) is 29.1 Å². The van der Waals surface area contributed by atoms with Crippen LogP contribution in [0.1, 0.15) is 88.5 Å². The SMILES string of the molecule is CC1(C)CCC(C)(C)c2cc(N(c3ccc(-c4ccc(-c5ccc6ccccc6c5)cc4)cc3)c3ccc4c(c3)-c3ccccc3C43C4CC5CC6CC3C64C5)ccc21. The normalized spacial score (nSPS) is 28.0. The number of hydrogen-bond donors (Lipinski definition) is 0. The quantitative estimate of drug-likeness (QED) is 0.169. The molecule has 59 heavy (non-hydrogen) atoms. The molecule has 0 aliphatic heterocycles. The van der Waals surface area contributed by atoms with Gasteiger partial charge >= 0.3 is 0 Å². The maximum absolute atomic E-state index is 2.58. The zero-order valence-electron chi connectivity index (χ0n) is 34.9. The van der Waals surface area contributed by atoms with Crippen LogP contribution < -0.4 is 4.90 Å². The van der Waals surface area contributed by atoms with E-state index in [2.05, 4.69) is 184 Å². The minimum atomic E-state index is 0.125. The van der Waals surface area contributed by atoms with Crippen molar-refractivity contribution in [3.05, 3.63) is 174 Å². The van der Waals surface area contributed by atoms with Gasteiger partial charge in [0, 0.05) is 22.5 Å². The molecule has 2 spiro atoms. The van der Waals surface area contributed by atoms with Gasteiger partial charge in [0.25, 0.3) is 0 Å². The molecule has 6 aliphatic carbocycles. The van der Waals surface area contributed by atoms with E-state index >= 15 is 0 Å². The van der Waals surface area contributed by atoms with Crippen molar-refractivity contribution < 1.29 is 0 Å². The zero-order valence-corrected chi connectivity index (χ0v) is 34.9. The third kappa shape index (κ3) is 4.47. The first kappa shape index (κ1) is 34.5. The Labute approximate surface area is 350 Å². The van der Waals surface area contributed by atoms with Gasteiger partial charge in [0.2, 0.25) is 0 Å². The largest absolute Gasteiger partial charge is 0.310 e. The molecule has 1 nitrogen and oxygen atoms in total. The molecule has 1 heteroatoms. The van der Waals surface area contributed by atoms with Gasteiger partial charge in [0.05, 0.1) is 0 Å². The standard InChI is InChI=1S/C58H53N/c1-55(2)27-28-56(3,4)52-34-46(24-26-51(52)55)59(44-21-19-39(20-22-44)38-13-15-40(16-14-38)42-18-17-37-9-5-6-10-41(37)31-42)45-23-25-50-48(33-45)47-11-7-8-12-49(47)58(50)53-30-36-29-43-32-54(58)57(43,53)35-36/h5-26,31,33-34,36,43,53-54H,27-30,32,35H2,1-4H3. The van der Waals surface area contributed by atoms with E-state index in [1.54, 1.807) is 11.1 Å². The molecule has 6 aliphatic rings. The molecule has 0 amide bonds. The molecule has 0 heterocycles. The number of anilines is 3. The predicted octanol–water partition coefficient (Wildman–Crippen LogP) is 15.3. The molecule has 4 saturated carbocycles. The van der Waals surface area contributed by atoms with Gasteiger partial charge in [-0.15, -0.1) is 0 Å². The van der Waals surface area contributed by atoms with Crippen LogP contribution in [0, 0.1) is 29.1 Å². The number of fused-ring (bicyclic) bond motifs is 10. The summed E-state index contributed by atoms with van der Waals surface area (Å²) in [7, 11) is 0. The first-order chi connectivity index (χ1) is 28.6. The van der Waals surface area contributed by atoms with Gasteiger partial charge in [-0.3, -0.25) is 0 Å². The van der Waals surface area contributed by atoms with Crippen LogP contribution in [-0.4, -0.2) is 0 Å². The third-order valence-corrected chi connectivity index (χ3v) is 17.4. The molecule has 0 aromatic heterocycles. The molecule has 0 radical (unpaired) electrons. The van der Waals surface area contributed by atoms with E-state index in [-0.39, 0.29) is 16.2 Å². The Bertz CT molecular complexity index is 2880. The van der Waals surface area contributed by atoms with Gasteiger partial charge < -0.3 is 4.90 Å². The number of nitrogens with zero attached hydrogens (tertiary/aromatic N) is 1. The Balaban J connectivity index is 0.911. The molecule has 0 saturated heterocycles. The van der Waals surface area contributed by atoms with Gasteiger partial charge in [0.15, 0.2) is 0 Å². The van der Waals surface area contributed by atoms with Gasteiger partial charge in [0.1, 0.15) is 0 Å². The van der Waals surface area contributed by atoms with E-state index in [0.717, 1.165) is 23.7 Å². The predicted molar refractivity (Wildman–Crippen MR) is 246 cm³/mol. The molecular weight excluding hydrogens is 711 g/mol.